The minimum Gasteiger partial charge on any atom is -0.467 e. The molecule has 50 heavy (non-hydrogen) atoms. The van der Waals surface area contributed by atoms with Gasteiger partial charge in [0.25, 0.3) is 5.91 Å². The molecule has 2 saturated heterocycles. The second-order valence-corrected chi connectivity index (χ2v) is 13.3. The molecule has 2 fully saturated rings. The van der Waals surface area contributed by atoms with Crippen molar-refractivity contribution in [3.63, 3.8) is 0 Å². The van der Waals surface area contributed by atoms with Crippen LogP contribution in [0.2, 0.25) is 0 Å². The summed E-state index contributed by atoms with van der Waals surface area (Å²) in [4.78, 5) is 27.8. The molecule has 7 rings (SSSR count). The molecule has 4 aliphatic heterocycles. The van der Waals surface area contributed by atoms with E-state index in [0.29, 0.717) is 55.0 Å². The number of ether oxygens (including phenoxy) is 2. The molecule has 270 valence electrons. The number of hydrogen-bond donors (Lipinski definition) is 1. The van der Waals surface area contributed by atoms with Crippen molar-refractivity contribution in [3.8, 4) is 6.01 Å². The van der Waals surface area contributed by atoms with Gasteiger partial charge in [0.15, 0.2) is 5.69 Å². The number of amides is 1. The van der Waals surface area contributed by atoms with Gasteiger partial charge in [0, 0.05) is 56.9 Å². The Balaban J connectivity index is 0.000000367. The van der Waals surface area contributed by atoms with Crippen molar-refractivity contribution in [2.45, 2.75) is 84.0 Å². The first kappa shape index (κ1) is 35.6. The van der Waals surface area contributed by atoms with Gasteiger partial charge < -0.3 is 25.0 Å². The lowest BCUT2D eigenvalue weighted by Crippen LogP contribution is -2.29. The number of aryl methyl sites for hydroxylation is 2. The molecule has 2 atom stereocenters. The summed E-state index contributed by atoms with van der Waals surface area (Å²) in [5.41, 5.74) is 8.95. The second kappa shape index (κ2) is 14.5. The number of carbonyl (C=O) groups is 1. The molecule has 0 radical (unpaired) electrons. The molecule has 6 heterocycles. The van der Waals surface area contributed by atoms with Crippen molar-refractivity contribution in [1.29, 1.82) is 0 Å². The number of anilines is 2. The summed E-state index contributed by atoms with van der Waals surface area (Å²) in [6, 6.07) is 5.24. The highest BCUT2D eigenvalue weighted by molar-refractivity contribution is 5.92. The lowest BCUT2D eigenvalue weighted by atomic mass is 9.92. The van der Waals surface area contributed by atoms with Crippen LogP contribution in [0.15, 0.2) is 30.1 Å². The molecule has 15 heteroatoms. The molecule has 2 N–H and O–H groups in total. The predicted octanol–water partition coefficient (Wildman–Crippen LogP) is 5.62. The van der Waals surface area contributed by atoms with Crippen LogP contribution in [0, 0.1) is 6.92 Å². The van der Waals surface area contributed by atoms with Gasteiger partial charge in [0.05, 0.1) is 49.6 Å². The molecule has 3 aromatic rings. The Labute approximate surface area is 289 Å². The fourth-order valence-electron chi connectivity index (χ4n) is 7.40. The average molecular weight is 701 g/mol. The molecule has 0 aliphatic carbocycles. The van der Waals surface area contributed by atoms with E-state index in [1.807, 2.05) is 11.6 Å². The summed E-state index contributed by atoms with van der Waals surface area (Å²) >= 11 is 0. The monoisotopic (exact) mass is 700 g/mol. The van der Waals surface area contributed by atoms with Gasteiger partial charge in [-0.15, -0.1) is 0 Å². The van der Waals surface area contributed by atoms with E-state index in [9.17, 15) is 22.4 Å². The SMILES string of the molecule is CCN(C)C(=O)c1cc2n(n1)CCCN(c1nc(OC)nc3c1CO[C@H](c1cc(N)cc(C)c1C(F)(F)F)C3)C2.F/C=C1/CC2CCCN2C1. The van der Waals surface area contributed by atoms with Gasteiger partial charge in [0.1, 0.15) is 5.82 Å². The Kier molecular flexibility index (Phi) is 10.4. The number of carbonyl (C=O) groups excluding carboxylic acids is 1. The quantitative estimate of drug-likeness (QED) is 0.268. The number of hydrogen-bond acceptors (Lipinski definition) is 9. The molecule has 1 unspecified atom stereocenters. The zero-order valence-corrected chi connectivity index (χ0v) is 28.9. The van der Waals surface area contributed by atoms with Gasteiger partial charge in [0.2, 0.25) is 0 Å². The zero-order valence-electron chi connectivity index (χ0n) is 28.9. The smallest absolute Gasteiger partial charge is 0.417 e. The molecule has 1 amide bonds. The number of rotatable bonds is 5. The number of methoxy groups -OCH3 is 1. The number of aromatic nitrogens is 4. The first-order valence-corrected chi connectivity index (χ1v) is 17.0. The molecule has 11 nitrogen and oxygen atoms in total. The number of halogens is 4. The van der Waals surface area contributed by atoms with Crippen LogP contribution in [0.3, 0.4) is 0 Å². The standard InChI is InChI=1S/C27H32F3N7O3.C8H12FN/c1-5-35(3)25(38)21-11-17-13-36(7-6-8-37(17)34-21)24-19-14-40-22(12-20(19)32-26(33-24)39-4)18-10-16(31)9-15(2)23(18)27(28,29)30;9-5-7-4-8-2-1-3-10(8)6-7/h9-11,22H,5-8,12-14,31H2,1-4H3;5,8H,1-4,6H2/b;7-5-/t22-;/m0./s1. The summed E-state index contributed by atoms with van der Waals surface area (Å²) in [6.07, 6.45) is -0.258. The van der Waals surface area contributed by atoms with E-state index in [4.69, 9.17) is 15.2 Å². The molecule has 0 bridgehead atoms. The van der Waals surface area contributed by atoms with Crippen molar-refractivity contribution >= 4 is 17.4 Å². The normalized spacial score (nSPS) is 21.2. The Morgan fingerprint density at radius 2 is 1.94 bits per heavy atom. The minimum absolute atomic E-state index is 0.0114. The number of nitrogens with zero attached hydrogens (tertiary/aromatic N) is 7. The van der Waals surface area contributed by atoms with E-state index in [0.717, 1.165) is 37.0 Å². The second-order valence-electron chi connectivity index (χ2n) is 13.3. The lowest BCUT2D eigenvalue weighted by molar-refractivity contribution is -0.140. The van der Waals surface area contributed by atoms with Gasteiger partial charge >= 0.3 is 12.2 Å². The van der Waals surface area contributed by atoms with E-state index >= 15 is 0 Å². The molecule has 4 aliphatic rings. The van der Waals surface area contributed by atoms with Crippen LogP contribution in [0.4, 0.5) is 29.1 Å². The Hall–Kier alpha value is -4.24. The molecular formula is C35H44F4N8O3. The fourth-order valence-corrected chi connectivity index (χ4v) is 7.40. The third-order valence-corrected chi connectivity index (χ3v) is 9.97. The van der Waals surface area contributed by atoms with Crippen molar-refractivity contribution in [3.05, 3.63) is 69.4 Å². The molecule has 0 saturated carbocycles. The van der Waals surface area contributed by atoms with E-state index in [1.165, 1.54) is 45.6 Å². The van der Waals surface area contributed by atoms with Crippen LogP contribution >= 0.6 is 0 Å². The van der Waals surface area contributed by atoms with Crippen molar-refractivity contribution in [2.75, 3.05) is 51.0 Å². The molecule has 0 spiro atoms. The lowest BCUT2D eigenvalue weighted by Gasteiger charge is -2.31. The summed E-state index contributed by atoms with van der Waals surface area (Å²) < 4.78 is 67.3. The summed E-state index contributed by atoms with van der Waals surface area (Å²) in [5.74, 6) is 0.443. The molecule has 1 aromatic carbocycles. The largest absolute Gasteiger partial charge is 0.467 e. The number of nitrogen functional groups attached to an aromatic ring is 1. The highest BCUT2D eigenvalue weighted by Crippen LogP contribution is 2.43. The van der Waals surface area contributed by atoms with Gasteiger partial charge in [-0.05, 0) is 81.0 Å². The van der Waals surface area contributed by atoms with Gasteiger partial charge in [-0.1, -0.05) is 0 Å². The van der Waals surface area contributed by atoms with Gasteiger partial charge in [-0.25, -0.2) is 4.39 Å². The minimum atomic E-state index is -4.56. The number of fused-ring (bicyclic) bond motifs is 3. The van der Waals surface area contributed by atoms with Crippen LogP contribution in [0.5, 0.6) is 6.01 Å². The third kappa shape index (κ3) is 7.29. The summed E-state index contributed by atoms with van der Waals surface area (Å²) in [6.45, 7) is 7.66. The van der Waals surface area contributed by atoms with Crippen molar-refractivity contribution in [2.24, 2.45) is 0 Å². The van der Waals surface area contributed by atoms with E-state index in [-0.39, 0.29) is 41.8 Å². The van der Waals surface area contributed by atoms with Crippen molar-refractivity contribution < 1.29 is 31.8 Å². The highest BCUT2D eigenvalue weighted by atomic mass is 19.4. The highest BCUT2D eigenvalue weighted by Gasteiger charge is 2.39. The van der Waals surface area contributed by atoms with Crippen LogP contribution in [0.25, 0.3) is 0 Å². The van der Waals surface area contributed by atoms with E-state index < -0.39 is 17.8 Å². The fraction of sp³-hybridized carbons (Fsp3) is 0.543. The predicted molar refractivity (Wildman–Crippen MR) is 179 cm³/mol. The Morgan fingerprint density at radius 1 is 1.14 bits per heavy atom. The van der Waals surface area contributed by atoms with Crippen LogP contribution in [-0.4, -0.2) is 81.8 Å². The summed E-state index contributed by atoms with van der Waals surface area (Å²) in [5, 5.41) is 4.53. The first-order chi connectivity index (χ1) is 23.9. The first-order valence-electron chi connectivity index (χ1n) is 17.0. The average Bonchev–Trinajstić information content (AvgIpc) is 3.78. The maximum atomic E-state index is 14.0. The topological polar surface area (TPSA) is 115 Å². The van der Waals surface area contributed by atoms with E-state index in [2.05, 4.69) is 24.9 Å². The maximum absolute atomic E-state index is 14.0. The zero-order chi connectivity index (χ0) is 35.7. The van der Waals surface area contributed by atoms with E-state index in [1.54, 1.807) is 18.0 Å². The number of benzene rings is 1. The Bertz CT molecular complexity index is 1750. The van der Waals surface area contributed by atoms with Crippen LogP contribution in [-0.2, 0) is 37.0 Å². The van der Waals surface area contributed by atoms with Crippen LogP contribution in [0.1, 0.15) is 82.8 Å². The maximum Gasteiger partial charge on any atom is 0.417 e. The molecular weight excluding hydrogens is 656 g/mol. The van der Waals surface area contributed by atoms with Gasteiger partial charge in [-0.3, -0.25) is 14.4 Å². The van der Waals surface area contributed by atoms with Gasteiger partial charge in [-0.2, -0.15) is 28.2 Å². The third-order valence-electron chi connectivity index (χ3n) is 9.97. The summed E-state index contributed by atoms with van der Waals surface area (Å²) in [7, 11) is 3.18. The van der Waals surface area contributed by atoms with Crippen LogP contribution < -0.4 is 15.4 Å². The number of nitrogens with two attached hydrogens (primary N) is 1. The number of alkyl halides is 3. The Morgan fingerprint density at radius 3 is 2.64 bits per heavy atom. The van der Waals surface area contributed by atoms with Crippen molar-refractivity contribution in [1.82, 2.24) is 29.5 Å². The molecule has 2 aromatic heterocycles.